The van der Waals surface area contributed by atoms with Crippen molar-refractivity contribution in [2.75, 3.05) is 18.6 Å². The molecule has 0 radical (unpaired) electrons. The Kier molecular flexibility index (Phi) is 4.62. The number of rotatable bonds is 3. The van der Waals surface area contributed by atoms with Gasteiger partial charge in [-0.05, 0) is 25.1 Å². The van der Waals surface area contributed by atoms with E-state index in [0.717, 1.165) is 10.9 Å². The fraction of sp³-hybridized carbons (Fsp3) is 0.167. The van der Waals surface area contributed by atoms with E-state index in [9.17, 15) is 4.79 Å². The van der Waals surface area contributed by atoms with Crippen LogP contribution in [0.5, 0.6) is 0 Å². The number of carbonyl (C=O) groups excluding carboxylic acids is 1. The van der Waals surface area contributed by atoms with Crippen LogP contribution in [0.2, 0.25) is 5.02 Å². The van der Waals surface area contributed by atoms with E-state index in [4.69, 9.17) is 16.3 Å². The third kappa shape index (κ3) is 3.16. The van der Waals surface area contributed by atoms with Crippen molar-refractivity contribution in [1.82, 2.24) is 9.97 Å². The molecule has 0 saturated heterocycles. The Bertz CT molecular complexity index is 884. The number of hydrogen-bond donors (Lipinski definition) is 0. The number of hydrogen-bond acceptors (Lipinski definition) is 4. The molecule has 0 N–H and O–H groups in total. The maximum Gasteiger partial charge on any atom is 0.416 e. The van der Waals surface area contributed by atoms with Gasteiger partial charge in [-0.3, -0.25) is 0 Å². The molecule has 0 spiro atoms. The molecule has 0 aliphatic heterocycles. The zero-order valence-electron chi connectivity index (χ0n) is 13.4. The molecule has 0 unspecified atom stereocenters. The van der Waals surface area contributed by atoms with E-state index in [-0.39, 0.29) is 12.6 Å². The van der Waals surface area contributed by atoms with Gasteiger partial charge in [-0.25, -0.2) is 19.7 Å². The van der Waals surface area contributed by atoms with Crippen LogP contribution in [-0.4, -0.2) is 29.7 Å². The predicted molar refractivity (Wildman–Crippen MR) is 95.4 cm³/mol. The minimum Gasteiger partial charge on any atom is -0.449 e. The Morgan fingerprint density at radius 1 is 1.17 bits per heavy atom. The minimum atomic E-state index is -0.496. The molecule has 0 aliphatic carbocycles. The second-order valence-corrected chi connectivity index (χ2v) is 5.59. The number of carbonyl (C=O) groups is 1. The number of benzene rings is 2. The summed E-state index contributed by atoms with van der Waals surface area (Å²) in [5.41, 5.74) is 2.35. The van der Waals surface area contributed by atoms with Crippen molar-refractivity contribution in [2.24, 2.45) is 0 Å². The number of anilines is 1. The lowest BCUT2D eigenvalue weighted by molar-refractivity contribution is 0.161. The maximum atomic E-state index is 12.0. The molecule has 0 bridgehead atoms. The van der Waals surface area contributed by atoms with Gasteiger partial charge in [0.2, 0.25) is 5.95 Å². The lowest BCUT2D eigenvalue weighted by Gasteiger charge is -2.16. The van der Waals surface area contributed by atoms with Crippen LogP contribution >= 0.6 is 11.6 Å². The number of fused-ring (bicyclic) bond motifs is 1. The van der Waals surface area contributed by atoms with Gasteiger partial charge in [0.25, 0.3) is 0 Å². The number of amides is 1. The van der Waals surface area contributed by atoms with Gasteiger partial charge in [-0.15, -0.1) is 0 Å². The van der Waals surface area contributed by atoms with E-state index in [1.165, 1.54) is 4.90 Å². The standard InChI is InChI=1S/C18H16ClN3O2/c1-3-24-18(23)22(2)17-20-15-10-9-13(19)11-14(15)16(21-17)12-7-5-4-6-8-12/h4-11H,3H2,1-2H3. The van der Waals surface area contributed by atoms with Gasteiger partial charge in [0.15, 0.2) is 0 Å². The molecule has 0 fully saturated rings. The number of halogens is 1. The second-order valence-electron chi connectivity index (χ2n) is 5.16. The molecule has 0 aliphatic rings. The van der Waals surface area contributed by atoms with E-state index >= 15 is 0 Å². The molecule has 3 aromatic rings. The molecule has 1 heterocycles. The number of aromatic nitrogens is 2. The Morgan fingerprint density at radius 2 is 1.92 bits per heavy atom. The van der Waals surface area contributed by atoms with Crippen molar-refractivity contribution < 1.29 is 9.53 Å². The number of nitrogens with zero attached hydrogens (tertiary/aromatic N) is 3. The first kappa shape index (κ1) is 16.2. The Morgan fingerprint density at radius 3 is 2.62 bits per heavy atom. The summed E-state index contributed by atoms with van der Waals surface area (Å²) in [4.78, 5) is 22.3. The van der Waals surface area contributed by atoms with Crippen molar-refractivity contribution >= 4 is 34.5 Å². The quantitative estimate of drug-likeness (QED) is 0.701. The summed E-state index contributed by atoms with van der Waals surface area (Å²) < 4.78 is 5.02. The Labute approximate surface area is 144 Å². The van der Waals surface area contributed by atoms with Crippen LogP contribution < -0.4 is 4.90 Å². The van der Waals surface area contributed by atoms with E-state index in [1.54, 1.807) is 20.0 Å². The first-order valence-electron chi connectivity index (χ1n) is 7.53. The smallest absolute Gasteiger partial charge is 0.416 e. The molecule has 6 heteroatoms. The van der Waals surface area contributed by atoms with Crippen LogP contribution in [0.15, 0.2) is 48.5 Å². The van der Waals surface area contributed by atoms with E-state index in [1.807, 2.05) is 42.5 Å². The Hall–Kier alpha value is -2.66. The topological polar surface area (TPSA) is 55.3 Å². The highest BCUT2D eigenvalue weighted by atomic mass is 35.5. The number of ether oxygens (including phenoxy) is 1. The first-order valence-corrected chi connectivity index (χ1v) is 7.91. The third-order valence-corrected chi connectivity index (χ3v) is 3.77. The third-order valence-electron chi connectivity index (χ3n) is 3.53. The monoisotopic (exact) mass is 341 g/mol. The highest BCUT2D eigenvalue weighted by Gasteiger charge is 2.18. The Balaban J connectivity index is 2.20. The van der Waals surface area contributed by atoms with Gasteiger partial charge >= 0.3 is 6.09 Å². The average Bonchev–Trinajstić information content (AvgIpc) is 2.61. The summed E-state index contributed by atoms with van der Waals surface area (Å²) in [6.07, 6.45) is -0.496. The summed E-state index contributed by atoms with van der Waals surface area (Å²) >= 11 is 6.13. The maximum absolute atomic E-state index is 12.0. The summed E-state index contributed by atoms with van der Waals surface area (Å²) in [6, 6.07) is 15.1. The molecule has 24 heavy (non-hydrogen) atoms. The van der Waals surface area contributed by atoms with Crippen LogP contribution in [0.25, 0.3) is 22.2 Å². The zero-order valence-corrected chi connectivity index (χ0v) is 14.1. The second kappa shape index (κ2) is 6.84. The van der Waals surface area contributed by atoms with Gasteiger partial charge in [0, 0.05) is 23.0 Å². The summed E-state index contributed by atoms with van der Waals surface area (Å²) in [7, 11) is 1.59. The molecule has 122 valence electrons. The molecule has 3 rings (SSSR count). The molecular formula is C18H16ClN3O2. The summed E-state index contributed by atoms with van der Waals surface area (Å²) in [6.45, 7) is 2.04. The SMILES string of the molecule is CCOC(=O)N(C)c1nc(-c2ccccc2)c2cc(Cl)ccc2n1. The van der Waals surface area contributed by atoms with Crippen LogP contribution in [0, 0.1) is 0 Å². The molecule has 1 amide bonds. The van der Waals surface area contributed by atoms with Crippen molar-refractivity contribution in [3.63, 3.8) is 0 Å². The molecule has 2 aromatic carbocycles. The van der Waals surface area contributed by atoms with E-state index in [0.29, 0.717) is 16.2 Å². The first-order chi connectivity index (χ1) is 11.6. The van der Waals surface area contributed by atoms with Crippen LogP contribution in [0.1, 0.15) is 6.92 Å². The van der Waals surface area contributed by atoms with Gasteiger partial charge in [-0.2, -0.15) is 0 Å². The largest absolute Gasteiger partial charge is 0.449 e. The lowest BCUT2D eigenvalue weighted by Crippen LogP contribution is -2.28. The summed E-state index contributed by atoms with van der Waals surface area (Å²) in [5, 5.41) is 1.43. The predicted octanol–water partition coefficient (Wildman–Crippen LogP) is 4.54. The molecule has 1 aromatic heterocycles. The van der Waals surface area contributed by atoms with Gasteiger partial charge in [-0.1, -0.05) is 41.9 Å². The lowest BCUT2D eigenvalue weighted by atomic mass is 10.1. The van der Waals surface area contributed by atoms with Gasteiger partial charge in [0.05, 0.1) is 17.8 Å². The van der Waals surface area contributed by atoms with E-state index in [2.05, 4.69) is 9.97 Å². The fourth-order valence-electron chi connectivity index (χ4n) is 2.36. The van der Waals surface area contributed by atoms with Crippen molar-refractivity contribution in [3.05, 3.63) is 53.6 Å². The highest BCUT2D eigenvalue weighted by Crippen LogP contribution is 2.30. The summed E-state index contributed by atoms with van der Waals surface area (Å²) in [5.74, 6) is 0.280. The fourth-order valence-corrected chi connectivity index (χ4v) is 2.53. The molecule has 0 atom stereocenters. The van der Waals surface area contributed by atoms with Crippen LogP contribution in [0.3, 0.4) is 0 Å². The molecule has 5 nitrogen and oxygen atoms in total. The minimum absolute atomic E-state index is 0.280. The van der Waals surface area contributed by atoms with Crippen LogP contribution in [0.4, 0.5) is 10.7 Å². The average molecular weight is 342 g/mol. The van der Waals surface area contributed by atoms with Crippen molar-refractivity contribution in [3.8, 4) is 11.3 Å². The van der Waals surface area contributed by atoms with Gasteiger partial charge in [0.1, 0.15) is 0 Å². The van der Waals surface area contributed by atoms with Gasteiger partial charge < -0.3 is 4.74 Å². The van der Waals surface area contributed by atoms with Crippen LogP contribution in [-0.2, 0) is 4.74 Å². The normalized spacial score (nSPS) is 10.6. The zero-order chi connectivity index (χ0) is 17.1. The molecular weight excluding hydrogens is 326 g/mol. The van der Waals surface area contributed by atoms with Crippen molar-refractivity contribution in [2.45, 2.75) is 6.92 Å². The molecule has 0 saturated carbocycles. The highest BCUT2D eigenvalue weighted by molar-refractivity contribution is 6.31. The van der Waals surface area contributed by atoms with E-state index < -0.39 is 6.09 Å². The van der Waals surface area contributed by atoms with Crippen molar-refractivity contribution in [1.29, 1.82) is 0 Å².